The number of rotatable bonds is 7. The van der Waals surface area contributed by atoms with Crippen LogP contribution < -0.4 is 20.7 Å². The van der Waals surface area contributed by atoms with Gasteiger partial charge in [0.1, 0.15) is 5.75 Å². The first-order valence-corrected chi connectivity index (χ1v) is 10.4. The van der Waals surface area contributed by atoms with Crippen molar-refractivity contribution in [3.63, 3.8) is 0 Å². The number of nitrogens with one attached hydrogen (secondary N) is 3. The molecule has 148 valence electrons. The lowest BCUT2D eigenvalue weighted by Gasteiger charge is -2.22. The predicted molar refractivity (Wildman–Crippen MR) is 113 cm³/mol. The summed E-state index contributed by atoms with van der Waals surface area (Å²) >= 11 is 0. The summed E-state index contributed by atoms with van der Waals surface area (Å²) < 4.78 is 5.99. The molecule has 2 aliphatic heterocycles. The summed E-state index contributed by atoms with van der Waals surface area (Å²) in [6, 6.07) is 15.6. The third kappa shape index (κ3) is 4.65. The van der Waals surface area contributed by atoms with Crippen LogP contribution in [0.25, 0.3) is 0 Å². The van der Waals surface area contributed by atoms with E-state index in [0.717, 1.165) is 54.7 Å². The fraction of sp³-hybridized carbons (Fsp3) is 0.435. The molecule has 2 heterocycles. The maximum absolute atomic E-state index is 12.7. The van der Waals surface area contributed by atoms with Gasteiger partial charge in [0.05, 0.1) is 12.5 Å². The molecule has 1 fully saturated rings. The van der Waals surface area contributed by atoms with Gasteiger partial charge in [-0.05, 0) is 80.6 Å². The fourth-order valence-corrected chi connectivity index (χ4v) is 4.12. The monoisotopic (exact) mass is 379 g/mol. The highest BCUT2D eigenvalue weighted by atomic mass is 16.5. The number of hydrogen-bond acceptors (Lipinski definition) is 4. The Morgan fingerprint density at radius 3 is 2.86 bits per heavy atom. The maximum Gasteiger partial charge on any atom is 0.233 e. The van der Waals surface area contributed by atoms with Crippen molar-refractivity contribution in [1.82, 2.24) is 5.32 Å². The van der Waals surface area contributed by atoms with Crippen LogP contribution in [-0.2, 0) is 4.79 Å². The summed E-state index contributed by atoms with van der Waals surface area (Å²) in [4.78, 5) is 12.7. The quantitative estimate of drug-likeness (QED) is 0.637. The molecule has 0 bridgehead atoms. The average Bonchev–Trinajstić information content (AvgIpc) is 3.16. The number of hydrogen-bond donors (Lipinski definition) is 3. The number of anilines is 2. The van der Waals surface area contributed by atoms with Gasteiger partial charge in [-0.1, -0.05) is 18.2 Å². The Morgan fingerprint density at radius 1 is 1.14 bits per heavy atom. The first kappa shape index (κ1) is 18.8. The van der Waals surface area contributed by atoms with E-state index in [1.165, 1.54) is 19.3 Å². The Labute approximate surface area is 166 Å². The minimum absolute atomic E-state index is 0.0133. The van der Waals surface area contributed by atoms with Crippen LogP contribution in [0.3, 0.4) is 0 Å². The SMILES string of the molecule is O=C(Nc1ccccc1)C1CNc2ccc(OCCCC3CCCNC3)cc21. The number of fused-ring (bicyclic) bond motifs is 1. The van der Waals surface area contributed by atoms with Crippen molar-refractivity contribution >= 4 is 17.3 Å². The van der Waals surface area contributed by atoms with E-state index in [2.05, 4.69) is 16.0 Å². The summed E-state index contributed by atoms with van der Waals surface area (Å²) in [6.45, 7) is 3.65. The van der Waals surface area contributed by atoms with E-state index in [1.54, 1.807) is 0 Å². The molecule has 2 unspecified atom stereocenters. The second-order valence-corrected chi connectivity index (χ2v) is 7.74. The largest absolute Gasteiger partial charge is 0.494 e. The van der Waals surface area contributed by atoms with Gasteiger partial charge in [0.15, 0.2) is 0 Å². The van der Waals surface area contributed by atoms with E-state index >= 15 is 0 Å². The van der Waals surface area contributed by atoms with Gasteiger partial charge in [0, 0.05) is 17.9 Å². The summed E-state index contributed by atoms with van der Waals surface area (Å²) in [6.07, 6.45) is 4.90. The lowest BCUT2D eigenvalue weighted by Crippen LogP contribution is -2.29. The van der Waals surface area contributed by atoms with E-state index in [0.29, 0.717) is 6.54 Å². The molecule has 2 aromatic rings. The Bertz CT molecular complexity index is 788. The van der Waals surface area contributed by atoms with Crippen LogP contribution in [0.2, 0.25) is 0 Å². The summed E-state index contributed by atoms with van der Waals surface area (Å²) in [5.41, 5.74) is 2.86. The van der Waals surface area contributed by atoms with Gasteiger partial charge in [0.2, 0.25) is 5.91 Å². The average molecular weight is 380 g/mol. The Balaban J connectivity index is 1.32. The van der Waals surface area contributed by atoms with Crippen molar-refractivity contribution in [1.29, 1.82) is 0 Å². The van der Waals surface area contributed by atoms with Gasteiger partial charge >= 0.3 is 0 Å². The second kappa shape index (κ2) is 9.11. The number of amides is 1. The maximum atomic E-state index is 12.7. The smallest absolute Gasteiger partial charge is 0.233 e. The number of piperidine rings is 1. The molecule has 0 radical (unpaired) electrons. The highest BCUT2D eigenvalue weighted by molar-refractivity contribution is 5.98. The van der Waals surface area contributed by atoms with Crippen LogP contribution in [0.4, 0.5) is 11.4 Å². The molecule has 1 saturated heterocycles. The zero-order valence-corrected chi connectivity index (χ0v) is 16.2. The second-order valence-electron chi connectivity index (χ2n) is 7.74. The van der Waals surface area contributed by atoms with Gasteiger partial charge in [-0.25, -0.2) is 0 Å². The first-order valence-electron chi connectivity index (χ1n) is 10.4. The number of carbonyl (C=O) groups excluding carboxylic acids is 1. The Kier molecular flexibility index (Phi) is 6.12. The zero-order chi connectivity index (χ0) is 19.2. The van der Waals surface area contributed by atoms with Crippen molar-refractivity contribution in [3.8, 4) is 5.75 Å². The molecule has 2 aliphatic rings. The van der Waals surface area contributed by atoms with Crippen LogP contribution in [0, 0.1) is 5.92 Å². The molecule has 28 heavy (non-hydrogen) atoms. The molecule has 0 aliphatic carbocycles. The molecular weight excluding hydrogens is 350 g/mol. The van der Waals surface area contributed by atoms with Gasteiger partial charge in [0.25, 0.3) is 0 Å². The van der Waals surface area contributed by atoms with Crippen LogP contribution in [0.1, 0.15) is 37.2 Å². The highest BCUT2D eigenvalue weighted by Gasteiger charge is 2.29. The third-order valence-electron chi connectivity index (χ3n) is 5.68. The Morgan fingerprint density at radius 2 is 2.04 bits per heavy atom. The minimum atomic E-state index is -0.202. The van der Waals surface area contributed by atoms with E-state index in [4.69, 9.17) is 4.74 Å². The molecule has 5 heteroatoms. The first-order chi connectivity index (χ1) is 13.8. The van der Waals surface area contributed by atoms with Crippen LogP contribution in [-0.4, -0.2) is 32.1 Å². The predicted octanol–water partition coefficient (Wildman–Crippen LogP) is 3.99. The normalized spacial score (nSPS) is 20.9. The summed E-state index contributed by atoms with van der Waals surface area (Å²) in [5, 5.41) is 9.81. The van der Waals surface area contributed by atoms with Crippen molar-refractivity contribution in [3.05, 3.63) is 54.1 Å². The lowest BCUT2D eigenvalue weighted by molar-refractivity contribution is -0.117. The molecule has 2 aromatic carbocycles. The van der Waals surface area contributed by atoms with E-state index in [-0.39, 0.29) is 11.8 Å². The third-order valence-corrected chi connectivity index (χ3v) is 5.68. The molecular formula is C23H29N3O2. The van der Waals surface area contributed by atoms with Gasteiger partial charge in [-0.3, -0.25) is 4.79 Å². The van der Waals surface area contributed by atoms with Crippen LogP contribution >= 0.6 is 0 Å². The summed E-state index contributed by atoms with van der Waals surface area (Å²) in [7, 11) is 0. The van der Waals surface area contributed by atoms with Crippen LogP contribution in [0.15, 0.2) is 48.5 Å². The number of benzene rings is 2. The molecule has 0 spiro atoms. The number of ether oxygens (including phenoxy) is 1. The molecule has 2 atom stereocenters. The standard InChI is InChI=1S/C23H29N3O2/c27-23(26-18-8-2-1-3-9-18)21-16-25-22-11-10-19(14-20(21)22)28-13-5-7-17-6-4-12-24-15-17/h1-3,8-11,14,17,21,24-25H,4-7,12-13,15-16H2,(H,26,27). The van der Waals surface area contributed by atoms with Crippen molar-refractivity contribution in [2.24, 2.45) is 5.92 Å². The number of carbonyl (C=O) groups is 1. The van der Waals surface area contributed by atoms with Crippen molar-refractivity contribution < 1.29 is 9.53 Å². The van der Waals surface area contributed by atoms with Crippen molar-refractivity contribution in [2.45, 2.75) is 31.6 Å². The van der Waals surface area contributed by atoms with E-state index < -0.39 is 0 Å². The molecule has 3 N–H and O–H groups in total. The van der Waals surface area contributed by atoms with Gasteiger partial charge < -0.3 is 20.7 Å². The van der Waals surface area contributed by atoms with Crippen molar-refractivity contribution in [2.75, 3.05) is 36.9 Å². The molecule has 1 amide bonds. The molecule has 0 aromatic heterocycles. The highest BCUT2D eigenvalue weighted by Crippen LogP contribution is 2.35. The van der Waals surface area contributed by atoms with Crippen LogP contribution in [0.5, 0.6) is 5.75 Å². The molecule has 5 nitrogen and oxygen atoms in total. The lowest BCUT2D eigenvalue weighted by atomic mass is 9.95. The van der Waals surface area contributed by atoms with Gasteiger partial charge in [-0.15, -0.1) is 0 Å². The molecule has 4 rings (SSSR count). The number of para-hydroxylation sites is 1. The minimum Gasteiger partial charge on any atom is -0.494 e. The van der Waals surface area contributed by atoms with E-state index in [9.17, 15) is 4.79 Å². The van der Waals surface area contributed by atoms with E-state index in [1.807, 2.05) is 48.5 Å². The molecule has 0 saturated carbocycles. The summed E-state index contributed by atoms with van der Waals surface area (Å²) in [5.74, 6) is 1.45. The van der Waals surface area contributed by atoms with Gasteiger partial charge in [-0.2, -0.15) is 0 Å². The Hall–Kier alpha value is -2.53. The fourth-order valence-electron chi connectivity index (χ4n) is 4.12. The zero-order valence-electron chi connectivity index (χ0n) is 16.2. The topological polar surface area (TPSA) is 62.4 Å².